The number of oxazole rings is 2. The Morgan fingerprint density at radius 2 is 1.80 bits per heavy atom. The second kappa shape index (κ2) is 12.7. The molecule has 5 heterocycles. The van der Waals surface area contributed by atoms with Crippen LogP contribution in [0.2, 0.25) is 0 Å². The Bertz CT molecular complexity index is 1900. The lowest BCUT2D eigenvalue weighted by atomic mass is 9.72. The third-order valence-electron chi connectivity index (χ3n) is 8.56. The minimum atomic E-state index is -0.951. The van der Waals surface area contributed by atoms with Gasteiger partial charge in [0.1, 0.15) is 29.1 Å². The number of carbonyl (C=O) groups is 3. The topological polar surface area (TPSA) is 172 Å². The van der Waals surface area contributed by atoms with E-state index in [0.29, 0.717) is 48.3 Å². The van der Waals surface area contributed by atoms with Crippen molar-refractivity contribution in [1.82, 2.24) is 15.3 Å². The molecule has 12 nitrogen and oxygen atoms in total. The number of esters is 1. The number of aromatic nitrogens is 2. The van der Waals surface area contributed by atoms with Crippen LogP contribution in [0.3, 0.4) is 0 Å². The van der Waals surface area contributed by atoms with Crippen LogP contribution in [0.5, 0.6) is 5.75 Å². The van der Waals surface area contributed by atoms with Gasteiger partial charge in [0.15, 0.2) is 23.4 Å². The van der Waals surface area contributed by atoms with Crippen LogP contribution in [-0.2, 0) is 26.2 Å². The summed E-state index contributed by atoms with van der Waals surface area (Å²) in [6.45, 7) is 13.3. The van der Waals surface area contributed by atoms with Crippen LogP contribution in [0.15, 0.2) is 57.6 Å². The molecule has 3 atom stereocenters. The van der Waals surface area contributed by atoms with E-state index in [2.05, 4.69) is 27.8 Å². The average molecular weight is 670 g/mol. The van der Waals surface area contributed by atoms with Crippen LogP contribution >= 0.6 is 0 Å². The number of rotatable bonds is 5. The van der Waals surface area contributed by atoms with Crippen molar-refractivity contribution in [2.75, 3.05) is 5.32 Å². The number of hydrogen-bond acceptors (Lipinski definition) is 10. The summed E-state index contributed by atoms with van der Waals surface area (Å²) >= 11 is 0. The molecule has 258 valence electrons. The summed E-state index contributed by atoms with van der Waals surface area (Å²) in [4.78, 5) is 45.4. The second-order valence-corrected chi connectivity index (χ2v) is 14.4. The highest BCUT2D eigenvalue weighted by Gasteiger charge is 2.61. The molecule has 0 radical (unpaired) electrons. The molecule has 2 aromatic carbocycles. The van der Waals surface area contributed by atoms with Crippen LogP contribution < -0.4 is 21.1 Å². The van der Waals surface area contributed by atoms with Gasteiger partial charge in [0, 0.05) is 24.1 Å². The van der Waals surface area contributed by atoms with Crippen molar-refractivity contribution < 1.29 is 32.7 Å². The number of nitrogens with one attached hydrogen (secondary N) is 2. The van der Waals surface area contributed by atoms with Crippen LogP contribution in [0.1, 0.15) is 106 Å². The van der Waals surface area contributed by atoms with Gasteiger partial charge in [0.25, 0.3) is 0 Å². The second-order valence-electron chi connectivity index (χ2n) is 14.4. The smallest absolute Gasteiger partial charge is 0.360 e. The first-order valence-corrected chi connectivity index (χ1v) is 16.6. The maximum atomic E-state index is 13.1. The Kier molecular flexibility index (Phi) is 8.76. The number of fused-ring (bicyclic) bond motifs is 4. The molecule has 0 saturated carbocycles. The predicted molar refractivity (Wildman–Crippen MR) is 181 cm³/mol. The summed E-state index contributed by atoms with van der Waals surface area (Å²) in [6, 6.07) is 13.5. The zero-order valence-electron chi connectivity index (χ0n) is 28.9. The molecule has 1 spiro atoms. The quantitative estimate of drug-likeness (QED) is 0.213. The van der Waals surface area contributed by atoms with E-state index in [1.54, 1.807) is 20.8 Å². The summed E-state index contributed by atoms with van der Waals surface area (Å²) in [5.41, 5.74) is 7.30. The van der Waals surface area contributed by atoms with Crippen LogP contribution in [0, 0.1) is 11.8 Å². The zero-order valence-corrected chi connectivity index (χ0v) is 28.9. The van der Waals surface area contributed by atoms with Gasteiger partial charge in [-0.25, -0.2) is 14.8 Å². The Morgan fingerprint density at radius 1 is 1.04 bits per heavy atom. The van der Waals surface area contributed by atoms with E-state index < -0.39 is 29.3 Å². The van der Waals surface area contributed by atoms with E-state index in [-0.39, 0.29) is 29.3 Å². The first kappa shape index (κ1) is 33.8. The van der Waals surface area contributed by atoms with Crippen LogP contribution in [0.4, 0.5) is 5.69 Å². The normalized spacial score (nSPS) is 20.5. The van der Waals surface area contributed by atoms with Gasteiger partial charge in [-0.2, -0.15) is 0 Å². The number of carbonyl (C=O) groups excluding carboxylic acids is 3. The highest BCUT2D eigenvalue weighted by atomic mass is 16.6. The average Bonchev–Trinajstić information content (AvgIpc) is 3.78. The molecule has 3 aliphatic rings. The maximum Gasteiger partial charge on any atom is 0.360 e. The van der Waals surface area contributed by atoms with Crippen molar-refractivity contribution in [2.24, 2.45) is 17.6 Å². The van der Waals surface area contributed by atoms with Crippen molar-refractivity contribution in [2.45, 2.75) is 91.0 Å². The van der Waals surface area contributed by atoms with Crippen molar-refractivity contribution in [3.63, 3.8) is 0 Å². The Labute approximate surface area is 285 Å². The fraction of sp³-hybridized carbons (Fsp3) is 0.432. The van der Waals surface area contributed by atoms with Gasteiger partial charge in [0.2, 0.25) is 23.6 Å². The number of anilines is 1. The molecule has 49 heavy (non-hydrogen) atoms. The molecule has 3 aliphatic heterocycles. The summed E-state index contributed by atoms with van der Waals surface area (Å²) in [5.74, 6) is 1.03. The molecule has 7 rings (SSSR count). The van der Waals surface area contributed by atoms with Crippen molar-refractivity contribution in [3.8, 4) is 17.3 Å². The third kappa shape index (κ3) is 6.39. The number of aryl methyl sites for hydroxylation is 1. The lowest BCUT2D eigenvalue weighted by molar-refractivity contribution is -0.122. The predicted octanol–water partition coefficient (Wildman–Crippen LogP) is 6.04. The minimum absolute atomic E-state index is 0.0198. The standard InChI is InChI=1S/C32H32N4O6.C5H11NO/c1-16(2)24-28-36-25(27-33-21(15-39-27)29(38)42-31(3,4)5)26(41-28)32-18-8-6-7-9-20(18)34-30(32)40-22-12-10-17(14-19(22)32)11-13-23(37)35-24;1-4(2)3-5(6)7/h6-10,12,14-16,24,30,34H,11,13H2,1-5H3,(H,35,37);4H,3H2,1-2H3,(H2,6,7)/t24?,30?,32-;/m0./s1. The van der Waals surface area contributed by atoms with Gasteiger partial charge in [-0.3, -0.25) is 9.59 Å². The molecule has 2 unspecified atom stereocenters. The minimum Gasteiger partial charge on any atom is -0.469 e. The fourth-order valence-corrected chi connectivity index (χ4v) is 6.49. The molecule has 0 aliphatic carbocycles. The van der Waals surface area contributed by atoms with Gasteiger partial charge in [-0.05, 0) is 62.3 Å². The summed E-state index contributed by atoms with van der Waals surface area (Å²) in [6.07, 6.45) is 2.10. The Morgan fingerprint density at radius 3 is 2.47 bits per heavy atom. The fourth-order valence-electron chi connectivity index (χ4n) is 6.49. The van der Waals surface area contributed by atoms with Crippen LogP contribution in [-0.4, -0.2) is 39.6 Å². The van der Waals surface area contributed by atoms with Crippen molar-refractivity contribution in [1.29, 1.82) is 0 Å². The molecule has 4 bridgehead atoms. The van der Waals surface area contributed by atoms with Gasteiger partial charge in [-0.1, -0.05) is 58.0 Å². The highest BCUT2D eigenvalue weighted by Crippen LogP contribution is 2.59. The number of benzene rings is 2. The molecule has 4 N–H and O–H groups in total. The number of para-hydroxylation sites is 1. The number of amides is 2. The van der Waals surface area contributed by atoms with E-state index in [1.165, 1.54) is 6.26 Å². The number of nitrogens with zero attached hydrogens (tertiary/aromatic N) is 2. The van der Waals surface area contributed by atoms with E-state index >= 15 is 0 Å². The molecule has 4 aromatic rings. The summed E-state index contributed by atoms with van der Waals surface area (Å²) in [7, 11) is 0. The van der Waals surface area contributed by atoms with Gasteiger partial charge >= 0.3 is 5.97 Å². The van der Waals surface area contributed by atoms with E-state index in [4.69, 9.17) is 29.0 Å². The number of primary amides is 1. The van der Waals surface area contributed by atoms with E-state index in [9.17, 15) is 14.4 Å². The lowest BCUT2D eigenvalue weighted by Crippen LogP contribution is -2.40. The zero-order chi connectivity index (χ0) is 35.2. The molecular weight excluding hydrogens is 626 g/mol. The van der Waals surface area contributed by atoms with Gasteiger partial charge in [-0.15, -0.1) is 0 Å². The summed E-state index contributed by atoms with van der Waals surface area (Å²) < 4.78 is 24.7. The van der Waals surface area contributed by atoms with Crippen LogP contribution in [0.25, 0.3) is 11.6 Å². The largest absolute Gasteiger partial charge is 0.469 e. The molecule has 0 saturated heterocycles. The number of hydrogen-bond donors (Lipinski definition) is 3. The summed E-state index contributed by atoms with van der Waals surface area (Å²) in [5, 5.41) is 6.66. The van der Waals surface area contributed by atoms with Gasteiger partial charge < -0.3 is 34.7 Å². The molecule has 2 aromatic heterocycles. The van der Waals surface area contributed by atoms with Crippen molar-refractivity contribution >= 4 is 23.5 Å². The Balaban J connectivity index is 0.000000540. The monoisotopic (exact) mass is 669 g/mol. The SMILES string of the molecule is CC(C)C1NC(=O)CCc2ccc3c(c2)[C@@]2(c4ccccc4NC2O3)c2oc1nc2-c1nc(C(=O)OC(C)(C)C)co1.CC(C)CC(N)=O. The Hall–Kier alpha value is -5.13. The van der Waals surface area contributed by atoms with E-state index in [1.807, 2.05) is 58.0 Å². The number of nitrogens with two attached hydrogens (primary N) is 1. The van der Waals surface area contributed by atoms with Crippen molar-refractivity contribution in [3.05, 3.63) is 82.8 Å². The molecular formula is C37H43N5O7. The maximum absolute atomic E-state index is 13.1. The molecule has 2 amide bonds. The van der Waals surface area contributed by atoms with E-state index in [0.717, 1.165) is 22.4 Å². The highest BCUT2D eigenvalue weighted by molar-refractivity contribution is 5.88. The number of ether oxygens (including phenoxy) is 2. The lowest BCUT2D eigenvalue weighted by Gasteiger charge is -2.27. The first-order valence-electron chi connectivity index (χ1n) is 16.6. The molecule has 0 fully saturated rings. The van der Waals surface area contributed by atoms with Gasteiger partial charge in [0.05, 0.1) is 0 Å². The first-order chi connectivity index (χ1) is 23.2. The molecule has 12 heteroatoms. The third-order valence-corrected chi connectivity index (χ3v) is 8.56.